The smallest absolute Gasteiger partial charge is 0.0497 e. The molecule has 0 saturated carbocycles. The molecule has 0 spiro atoms. The Hall–Kier alpha value is -1.76. The van der Waals surface area contributed by atoms with Crippen LogP contribution in [0.1, 0.15) is 26.2 Å². The maximum atomic E-state index is 3.21. The molecule has 0 bridgehead atoms. The number of benzene rings is 2. The molecule has 0 N–H and O–H groups in total. The van der Waals surface area contributed by atoms with Crippen molar-refractivity contribution in [3.63, 3.8) is 0 Å². The minimum Gasteiger partial charge on any atom is -0.340 e. The fourth-order valence-electron chi connectivity index (χ4n) is 2.70. The summed E-state index contributed by atoms with van der Waals surface area (Å²) in [5.41, 5.74) is 2.66. The Bertz CT molecular complexity index is 610. The first kappa shape index (κ1) is 11.3. The topological polar surface area (TPSA) is 4.93 Å². The van der Waals surface area contributed by atoms with Gasteiger partial charge in [0.2, 0.25) is 0 Å². The molecule has 3 rings (SSSR count). The van der Waals surface area contributed by atoms with Crippen LogP contribution >= 0.6 is 0 Å². The molecule has 1 radical (unpaired) electrons. The van der Waals surface area contributed by atoms with Crippen molar-refractivity contribution in [2.24, 2.45) is 0 Å². The minimum atomic E-state index is 1.11. The van der Waals surface area contributed by atoms with Crippen molar-refractivity contribution >= 4 is 21.8 Å². The second kappa shape index (κ2) is 4.85. The molecule has 0 aliphatic carbocycles. The molecule has 0 fully saturated rings. The number of unbranched alkanes of at least 4 members (excludes halogenated alkanes) is 2. The minimum absolute atomic E-state index is 1.11. The van der Waals surface area contributed by atoms with Crippen LogP contribution in [0.5, 0.6) is 0 Å². The van der Waals surface area contributed by atoms with Crippen LogP contribution in [0.2, 0.25) is 0 Å². The van der Waals surface area contributed by atoms with Crippen molar-refractivity contribution in [3.05, 3.63) is 48.5 Å². The predicted molar refractivity (Wildman–Crippen MR) is 77.8 cm³/mol. The Kier molecular flexibility index (Phi) is 3.06. The van der Waals surface area contributed by atoms with Crippen molar-refractivity contribution < 1.29 is 0 Å². The lowest BCUT2D eigenvalue weighted by Crippen LogP contribution is -1.97. The normalized spacial score (nSPS) is 11.4. The van der Waals surface area contributed by atoms with E-state index < -0.39 is 0 Å². The first-order valence-corrected chi connectivity index (χ1v) is 6.79. The summed E-state index contributed by atoms with van der Waals surface area (Å²) >= 11 is 0. The van der Waals surface area contributed by atoms with E-state index in [1.54, 1.807) is 0 Å². The van der Waals surface area contributed by atoms with Gasteiger partial charge in [0.1, 0.15) is 0 Å². The van der Waals surface area contributed by atoms with E-state index in [0.29, 0.717) is 0 Å². The predicted octanol–water partition coefficient (Wildman–Crippen LogP) is 4.78. The van der Waals surface area contributed by atoms with E-state index in [2.05, 4.69) is 54.0 Å². The van der Waals surface area contributed by atoms with Gasteiger partial charge in [-0.1, -0.05) is 50.1 Å². The van der Waals surface area contributed by atoms with Crippen LogP contribution in [0.15, 0.2) is 42.5 Å². The summed E-state index contributed by atoms with van der Waals surface area (Å²) in [6, 6.07) is 18.2. The van der Waals surface area contributed by atoms with E-state index in [4.69, 9.17) is 0 Å². The Balaban J connectivity index is 2.18. The van der Waals surface area contributed by atoms with E-state index in [1.165, 1.54) is 41.1 Å². The Labute approximate surface area is 108 Å². The largest absolute Gasteiger partial charge is 0.340 e. The van der Waals surface area contributed by atoms with Crippen LogP contribution in [0.3, 0.4) is 0 Å². The lowest BCUT2D eigenvalue weighted by atomic mass is 10.2. The van der Waals surface area contributed by atoms with Gasteiger partial charge in [-0.15, -0.1) is 0 Å². The quantitative estimate of drug-likeness (QED) is 0.574. The van der Waals surface area contributed by atoms with Crippen molar-refractivity contribution in [1.29, 1.82) is 0 Å². The zero-order valence-corrected chi connectivity index (χ0v) is 10.8. The fourth-order valence-corrected chi connectivity index (χ4v) is 2.70. The van der Waals surface area contributed by atoms with Gasteiger partial charge in [0, 0.05) is 28.4 Å². The molecule has 0 aliphatic rings. The number of fused-ring (bicyclic) bond motifs is 3. The van der Waals surface area contributed by atoms with Crippen LogP contribution in [0.25, 0.3) is 21.8 Å². The molecule has 2 aromatic carbocycles. The first-order valence-electron chi connectivity index (χ1n) is 6.79. The number of aromatic nitrogens is 1. The number of hydrogen-bond donors (Lipinski definition) is 0. The molecule has 0 aliphatic heterocycles. The fraction of sp³-hybridized carbons (Fsp3) is 0.294. The third-order valence-electron chi connectivity index (χ3n) is 3.60. The number of hydrogen-bond acceptors (Lipinski definition) is 0. The highest BCUT2D eigenvalue weighted by atomic mass is 15.0. The number of nitrogens with zero attached hydrogens (tertiary/aromatic N) is 1. The van der Waals surface area contributed by atoms with Gasteiger partial charge < -0.3 is 4.57 Å². The summed E-state index contributed by atoms with van der Waals surface area (Å²) < 4.78 is 2.44. The second-order valence-electron chi connectivity index (χ2n) is 4.82. The van der Waals surface area contributed by atoms with E-state index in [-0.39, 0.29) is 0 Å². The van der Waals surface area contributed by atoms with Gasteiger partial charge in [0.15, 0.2) is 0 Å². The Morgan fingerprint density at radius 2 is 1.83 bits per heavy atom. The highest BCUT2D eigenvalue weighted by Gasteiger charge is 2.08. The van der Waals surface area contributed by atoms with Gasteiger partial charge in [-0.3, -0.25) is 0 Å². The van der Waals surface area contributed by atoms with Crippen LogP contribution < -0.4 is 0 Å². The number of para-hydroxylation sites is 1. The third-order valence-corrected chi connectivity index (χ3v) is 3.60. The molecule has 1 heteroatoms. The molecule has 1 heterocycles. The zero-order valence-electron chi connectivity index (χ0n) is 10.8. The molecule has 0 atom stereocenters. The van der Waals surface area contributed by atoms with Gasteiger partial charge in [-0.25, -0.2) is 0 Å². The maximum absolute atomic E-state index is 3.21. The van der Waals surface area contributed by atoms with Crippen LogP contribution in [0.4, 0.5) is 0 Å². The average molecular weight is 236 g/mol. The SMILES string of the molecule is CCCCCn1c2c[c]ccc2c2ccccc21. The van der Waals surface area contributed by atoms with E-state index in [0.717, 1.165) is 6.54 Å². The monoisotopic (exact) mass is 236 g/mol. The summed E-state index contributed by atoms with van der Waals surface area (Å²) in [5, 5.41) is 2.71. The maximum Gasteiger partial charge on any atom is 0.0497 e. The van der Waals surface area contributed by atoms with Crippen LogP contribution in [-0.4, -0.2) is 4.57 Å². The summed E-state index contributed by atoms with van der Waals surface area (Å²) in [5.74, 6) is 0. The average Bonchev–Trinajstić information content (AvgIpc) is 2.74. The van der Waals surface area contributed by atoms with Crippen molar-refractivity contribution in [2.75, 3.05) is 0 Å². The molecule has 3 aromatic rings. The molecule has 91 valence electrons. The highest BCUT2D eigenvalue weighted by molar-refractivity contribution is 6.07. The summed E-state index contributed by atoms with van der Waals surface area (Å²) in [6.45, 7) is 3.36. The Morgan fingerprint density at radius 1 is 1.00 bits per heavy atom. The molecule has 0 saturated heterocycles. The van der Waals surface area contributed by atoms with Gasteiger partial charge in [-0.2, -0.15) is 0 Å². The standard InChI is InChI=1S/C17H18N/c1-2-3-8-13-18-16-11-6-4-9-14(16)15-10-5-7-12-17(15)18/h4-6,9-12H,2-3,8,13H2,1H3. The summed E-state index contributed by atoms with van der Waals surface area (Å²) in [6.07, 6.45) is 3.81. The van der Waals surface area contributed by atoms with E-state index in [9.17, 15) is 0 Å². The van der Waals surface area contributed by atoms with Crippen molar-refractivity contribution in [2.45, 2.75) is 32.7 Å². The molecule has 18 heavy (non-hydrogen) atoms. The molecular weight excluding hydrogens is 218 g/mol. The molecule has 1 aromatic heterocycles. The number of rotatable bonds is 4. The molecule has 0 amide bonds. The van der Waals surface area contributed by atoms with Crippen LogP contribution in [0, 0.1) is 6.07 Å². The van der Waals surface area contributed by atoms with E-state index in [1.807, 2.05) is 6.07 Å². The lowest BCUT2D eigenvalue weighted by molar-refractivity contribution is 0.627. The van der Waals surface area contributed by atoms with Gasteiger partial charge in [0.05, 0.1) is 0 Å². The summed E-state index contributed by atoms with van der Waals surface area (Å²) in [4.78, 5) is 0. The third kappa shape index (κ3) is 1.80. The first-order chi connectivity index (χ1) is 8.92. The van der Waals surface area contributed by atoms with E-state index >= 15 is 0 Å². The lowest BCUT2D eigenvalue weighted by Gasteiger charge is -2.06. The molecule has 1 nitrogen and oxygen atoms in total. The Morgan fingerprint density at radius 3 is 2.72 bits per heavy atom. The zero-order chi connectivity index (χ0) is 12.4. The van der Waals surface area contributed by atoms with Crippen LogP contribution in [-0.2, 0) is 6.54 Å². The van der Waals surface area contributed by atoms with Gasteiger partial charge in [0.25, 0.3) is 0 Å². The number of aryl methyl sites for hydroxylation is 1. The van der Waals surface area contributed by atoms with Crippen molar-refractivity contribution in [3.8, 4) is 0 Å². The second-order valence-corrected chi connectivity index (χ2v) is 4.82. The van der Waals surface area contributed by atoms with Gasteiger partial charge >= 0.3 is 0 Å². The van der Waals surface area contributed by atoms with Gasteiger partial charge in [-0.05, 0) is 24.6 Å². The molecule has 0 unspecified atom stereocenters. The molecular formula is C17H18N. The summed E-state index contributed by atoms with van der Waals surface area (Å²) in [7, 11) is 0. The van der Waals surface area contributed by atoms with Crippen molar-refractivity contribution in [1.82, 2.24) is 4.57 Å². The highest BCUT2D eigenvalue weighted by Crippen LogP contribution is 2.28.